The van der Waals surface area contributed by atoms with Crippen molar-refractivity contribution in [2.24, 2.45) is 11.8 Å². The van der Waals surface area contributed by atoms with Crippen LogP contribution in [0.2, 0.25) is 0 Å². The number of likely N-dealkylation sites (tertiary alicyclic amines) is 1. The molecule has 2 atom stereocenters. The van der Waals surface area contributed by atoms with E-state index >= 15 is 0 Å². The minimum atomic E-state index is 0.256. The van der Waals surface area contributed by atoms with Crippen molar-refractivity contribution in [2.45, 2.75) is 19.3 Å². The Morgan fingerprint density at radius 3 is 2.47 bits per heavy atom. The molecule has 84 valence electrons. The first-order valence-corrected chi connectivity index (χ1v) is 5.73. The lowest BCUT2D eigenvalue weighted by atomic mass is 9.86. The molecule has 0 aromatic rings. The number of rotatable bonds is 3. The Bertz CT molecular complexity index is 246. The Kier molecular flexibility index (Phi) is 3.41. The van der Waals surface area contributed by atoms with Crippen LogP contribution in [0.4, 0.5) is 0 Å². The highest BCUT2D eigenvalue weighted by Crippen LogP contribution is 2.32. The van der Waals surface area contributed by atoms with Gasteiger partial charge >= 0.3 is 0 Å². The van der Waals surface area contributed by atoms with Gasteiger partial charge in [-0.3, -0.25) is 4.79 Å². The van der Waals surface area contributed by atoms with Crippen LogP contribution in [0.15, 0.2) is 12.2 Å². The molecule has 1 fully saturated rings. The summed E-state index contributed by atoms with van der Waals surface area (Å²) in [4.78, 5) is 13.8. The van der Waals surface area contributed by atoms with E-state index in [0.29, 0.717) is 24.9 Å². The molecule has 0 saturated carbocycles. The van der Waals surface area contributed by atoms with Gasteiger partial charge in [0.05, 0.1) is 13.0 Å². The molecule has 0 spiro atoms. The molecule has 3 heteroatoms. The highest BCUT2D eigenvalue weighted by molar-refractivity contribution is 5.76. The highest BCUT2D eigenvalue weighted by atomic mass is 16.5. The maximum absolute atomic E-state index is 11.8. The molecular weight excluding hydrogens is 190 g/mol. The van der Waals surface area contributed by atoms with Crippen LogP contribution in [0.25, 0.3) is 0 Å². The maximum atomic E-state index is 11.8. The van der Waals surface area contributed by atoms with Crippen molar-refractivity contribution >= 4 is 5.91 Å². The number of carbonyl (C=O) groups is 1. The number of ether oxygens (including phenoxy) is 1. The van der Waals surface area contributed by atoms with Crippen LogP contribution >= 0.6 is 0 Å². The van der Waals surface area contributed by atoms with Gasteiger partial charge in [0.1, 0.15) is 0 Å². The minimum absolute atomic E-state index is 0.256. The summed E-state index contributed by atoms with van der Waals surface area (Å²) in [5.74, 6) is 1.68. The van der Waals surface area contributed by atoms with Crippen LogP contribution in [0, 0.1) is 11.8 Å². The summed E-state index contributed by atoms with van der Waals surface area (Å²) in [6.07, 6.45) is 7.34. The highest BCUT2D eigenvalue weighted by Gasteiger charge is 2.34. The first kappa shape index (κ1) is 10.7. The van der Waals surface area contributed by atoms with Gasteiger partial charge in [-0.1, -0.05) is 12.2 Å². The summed E-state index contributed by atoms with van der Waals surface area (Å²) in [7, 11) is 1.64. The second-order valence-electron chi connectivity index (χ2n) is 4.50. The molecule has 1 aliphatic heterocycles. The van der Waals surface area contributed by atoms with Gasteiger partial charge in [0.15, 0.2) is 0 Å². The quantitative estimate of drug-likeness (QED) is 0.658. The van der Waals surface area contributed by atoms with Crippen LogP contribution < -0.4 is 0 Å². The van der Waals surface area contributed by atoms with E-state index in [1.54, 1.807) is 7.11 Å². The molecule has 2 rings (SSSR count). The fraction of sp³-hybridized carbons (Fsp3) is 0.750. The molecule has 2 aliphatic rings. The van der Waals surface area contributed by atoms with E-state index in [2.05, 4.69) is 12.2 Å². The second-order valence-corrected chi connectivity index (χ2v) is 4.50. The normalized spacial score (nSPS) is 29.3. The van der Waals surface area contributed by atoms with E-state index in [-0.39, 0.29) is 5.91 Å². The number of nitrogens with zero attached hydrogens (tertiary/aromatic N) is 1. The zero-order valence-corrected chi connectivity index (χ0v) is 9.32. The molecular formula is C12H19NO2. The van der Waals surface area contributed by atoms with Crippen LogP contribution in [-0.4, -0.2) is 37.6 Å². The van der Waals surface area contributed by atoms with Gasteiger partial charge in [-0.05, 0) is 24.7 Å². The number of hydrogen-bond acceptors (Lipinski definition) is 2. The van der Waals surface area contributed by atoms with Crippen molar-refractivity contribution < 1.29 is 9.53 Å². The van der Waals surface area contributed by atoms with Crippen molar-refractivity contribution in [1.82, 2.24) is 4.90 Å². The molecule has 1 saturated heterocycles. The van der Waals surface area contributed by atoms with Gasteiger partial charge in [0, 0.05) is 20.2 Å². The lowest BCUT2D eigenvalue weighted by Gasteiger charge is -2.17. The molecule has 15 heavy (non-hydrogen) atoms. The van der Waals surface area contributed by atoms with Gasteiger partial charge in [-0.15, -0.1) is 0 Å². The third kappa shape index (κ3) is 2.40. The molecule has 0 aromatic carbocycles. The average molecular weight is 209 g/mol. The molecule has 0 N–H and O–H groups in total. The zero-order valence-electron chi connectivity index (χ0n) is 9.32. The summed E-state index contributed by atoms with van der Waals surface area (Å²) in [6.45, 7) is 2.46. The molecule has 1 heterocycles. The summed E-state index contributed by atoms with van der Waals surface area (Å²) >= 11 is 0. The van der Waals surface area contributed by atoms with Crippen LogP contribution in [0.3, 0.4) is 0 Å². The summed E-state index contributed by atoms with van der Waals surface area (Å²) < 4.78 is 4.93. The van der Waals surface area contributed by atoms with Gasteiger partial charge in [-0.25, -0.2) is 0 Å². The number of carbonyl (C=O) groups excluding carboxylic acids is 1. The summed E-state index contributed by atoms with van der Waals surface area (Å²) in [6, 6.07) is 0. The number of amides is 1. The van der Waals surface area contributed by atoms with E-state index in [4.69, 9.17) is 4.74 Å². The van der Waals surface area contributed by atoms with Crippen molar-refractivity contribution in [3.63, 3.8) is 0 Å². The Balaban J connectivity index is 1.84. The van der Waals surface area contributed by atoms with Crippen molar-refractivity contribution in [3.8, 4) is 0 Å². The smallest absolute Gasteiger partial charge is 0.224 e. The molecule has 0 aromatic heterocycles. The SMILES string of the molecule is COCCC(=O)N1CC2CC=CCC2C1. The summed E-state index contributed by atoms with van der Waals surface area (Å²) in [5.41, 5.74) is 0. The Hall–Kier alpha value is -0.830. The van der Waals surface area contributed by atoms with E-state index in [1.165, 1.54) is 0 Å². The molecule has 3 nitrogen and oxygen atoms in total. The maximum Gasteiger partial charge on any atom is 0.224 e. The molecule has 0 bridgehead atoms. The van der Waals surface area contributed by atoms with Crippen molar-refractivity contribution in [1.29, 1.82) is 0 Å². The first-order chi connectivity index (χ1) is 7.31. The minimum Gasteiger partial charge on any atom is -0.384 e. The Labute approximate surface area is 91.1 Å². The lowest BCUT2D eigenvalue weighted by Crippen LogP contribution is -2.29. The van der Waals surface area contributed by atoms with E-state index in [1.807, 2.05) is 4.90 Å². The third-order valence-electron chi connectivity index (χ3n) is 3.49. The number of allylic oxidation sites excluding steroid dienone is 2. The number of fused-ring (bicyclic) bond motifs is 1. The van der Waals surface area contributed by atoms with Gasteiger partial charge in [0.2, 0.25) is 5.91 Å². The third-order valence-corrected chi connectivity index (χ3v) is 3.49. The molecule has 1 aliphatic carbocycles. The number of methoxy groups -OCH3 is 1. The largest absolute Gasteiger partial charge is 0.384 e. The second kappa shape index (κ2) is 4.79. The predicted molar refractivity (Wildman–Crippen MR) is 58.4 cm³/mol. The molecule has 2 unspecified atom stereocenters. The van der Waals surface area contributed by atoms with Gasteiger partial charge in [0.25, 0.3) is 0 Å². The van der Waals surface area contributed by atoms with Crippen molar-refractivity contribution in [3.05, 3.63) is 12.2 Å². The van der Waals surface area contributed by atoms with Crippen LogP contribution in [0.5, 0.6) is 0 Å². The van der Waals surface area contributed by atoms with Crippen LogP contribution in [-0.2, 0) is 9.53 Å². The van der Waals surface area contributed by atoms with E-state index in [9.17, 15) is 4.79 Å². The van der Waals surface area contributed by atoms with Gasteiger partial charge < -0.3 is 9.64 Å². The molecule has 1 amide bonds. The van der Waals surface area contributed by atoms with Crippen LogP contribution in [0.1, 0.15) is 19.3 Å². The standard InChI is InChI=1S/C12H19NO2/c1-15-7-6-12(14)13-8-10-4-2-3-5-11(10)9-13/h2-3,10-11H,4-9H2,1H3. The molecule has 0 radical (unpaired) electrons. The van der Waals surface area contributed by atoms with Crippen molar-refractivity contribution in [2.75, 3.05) is 26.8 Å². The first-order valence-electron chi connectivity index (χ1n) is 5.73. The Morgan fingerprint density at radius 1 is 1.33 bits per heavy atom. The number of hydrogen-bond donors (Lipinski definition) is 0. The zero-order chi connectivity index (χ0) is 10.7. The van der Waals surface area contributed by atoms with E-state index in [0.717, 1.165) is 25.9 Å². The Morgan fingerprint density at radius 2 is 1.93 bits per heavy atom. The summed E-state index contributed by atoms with van der Waals surface area (Å²) in [5, 5.41) is 0. The fourth-order valence-corrected chi connectivity index (χ4v) is 2.57. The monoisotopic (exact) mass is 209 g/mol. The van der Waals surface area contributed by atoms with Gasteiger partial charge in [-0.2, -0.15) is 0 Å². The topological polar surface area (TPSA) is 29.5 Å². The van der Waals surface area contributed by atoms with E-state index < -0.39 is 0 Å². The lowest BCUT2D eigenvalue weighted by molar-refractivity contribution is -0.131. The average Bonchev–Trinajstić information content (AvgIpc) is 2.69. The predicted octanol–water partition coefficient (Wildman–Crippen LogP) is 1.45. The fourth-order valence-electron chi connectivity index (χ4n) is 2.57.